The Labute approximate surface area is 203 Å². The minimum atomic E-state index is -0.353. The van der Waals surface area contributed by atoms with Crippen molar-refractivity contribution in [1.82, 2.24) is 18.9 Å². The molecule has 1 aliphatic heterocycles. The minimum Gasteiger partial charge on any atom is -0.486 e. The van der Waals surface area contributed by atoms with Crippen LogP contribution in [-0.2, 0) is 12.3 Å². The van der Waals surface area contributed by atoms with Crippen LogP contribution in [0, 0.1) is 0 Å². The van der Waals surface area contributed by atoms with Gasteiger partial charge in [0.2, 0.25) is 0 Å². The fraction of sp³-hybridized carbons (Fsp3) is 0.154. The highest BCUT2D eigenvalue weighted by Gasteiger charge is 2.23. The molecule has 0 saturated carbocycles. The van der Waals surface area contributed by atoms with Gasteiger partial charge in [0.1, 0.15) is 12.3 Å². The van der Waals surface area contributed by atoms with Gasteiger partial charge in [-0.25, -0.2) is 9.97 Å². The van der Waals surface area contributed by atoms with E-state index in [1.807, 2.05) is 48.5 Å². The van der Waals surface area contributed by atoms with Crippen molar-refractivity contribution in [2.75, 3.05) is 6.61 Å². The molecular weight excluding hydrogens is 464 g/mol. The van der Waals surface area contributed by atoms with Crippen LogP contribution >= 0.6 is 11.8 Å². The van der Waals surface area contributed by atoms with E-state index in [9.17, 15) is 9.59 Å². The average molecular weight is 485 g/mol. The number of benzene rings is 2. The average Bonchev–Trinajstić information content (AvgIpc) is 2.89. The van der Waals surface area contributed by atoms with Crippen LogP contribution < -0.4 is 20.6 Å². The van der Waals surface area contributed by atoms with Gasteiger partial charge in [0.05, 0.1) is 23.1 Å². The van der Waals surface area contributed by atoms with Gasteiger partial charge < -0.3 is 9.47 Å². The Kier molecular flexibility index (Phi) is 5.46. The number of aromatic nitrogens is 4. The second-order valence-electron chi connectivity index (χ2n) is 8.13. The van der Waals surface area contributed by atoms with E-state index in [0.717, 1.165) is 0 Å². The number of fused-ring (bicyclic) bond motifs is 3. The first kappa shape index (κ1) is 21.4. The van der Waals surface area contributed by atoms with Crippen LogP contribution in [0.5, 0.6) is 11.5 Å². The number of thioether (sulfide) groups is 1. The minimum absolute atomic E-state index is 0.146. The van der Waals surface area contributed by atoms with Crippen LogP contribution in [-0.4, -0.2) is 31.6 Å². The van der Waals surface area contributed by atoms with Crippen LogP contribution in [0.15, 0.2) is 93.7 Å². The number of pyridine rings is 1. The van der Waals surface area contributed by atoms with Crippen LogP contribution in [0.4, 0.5) is 0 Å². The summed E-state index contributed by atoms with van der Waals surface area (Å²) in [5, 5.41) is 1.07. The molecule has 0 radical (unpaired) electrons. The molecule has 8 nitrogen and oxygen atoms in total. The molecule has 0 aliphatic carbocycles. The van der Waals surface area contributed by atoms with Crippen LogP contribution in [0.2, 0.25) is 0 Å². The van der Waals surface area contributed by atoms with Crippen molar-refractivity contribution in [2.24, 2.45) is 0 Å². The number of ether oxygens (including phenoxy) is 2. The maximum atomic E-state index is 13.5. The molecule has 0 amide bonds. The first-order valence-corrected chi connectivity index (χ1v) is 12.1. The third-order valence-corrected chi connectivity index (χ3v) is 6.76. The van der Waals surface area contributed by atoms with Crippen LogP contribution in [0.3, 0.4) is 0 Å². The van der Waals surface area contributed by atoms with Crippen LogP contribution in [0.1, 0.15) is 5.69 Å². The molecule has 0 fully saturated rings. The van der Waals surface area contributed by atoms with Crippen molar-refractivity contribution < 1.29 is 9.47 Å². The van der Waals surface area contributed by atoms with E-state index in [1.54, 1.807) is 29.0 Å². The molecule has 3 aromatic heterocycles. The smallest absolute Gasteiger partial charge is 0.262 e. The standard InChI is InChI=1S/C26H20N4O4S/c31-24-13-17(27-23-11-5-6-12-29(23)24)16-35-26-28-20-8-2-1-7-19(20)25(32)30(26)14-18-15-33-21-9-3-4-10-22(21)34-18/h1-13,18H,14-16H2/t18-/m1/s1. The summed E-state index contributed by atoms with van der Waals surface area (Å²) in [4.78, 5) is 35.3. The number of hydrogen-bond donors (Lipinski definition) is 0. The van der Waals surface area contributed by atoms with Gasteiger partial charge in [-0.2, -0.15) is 0 Å². The van der Waals surface area contributed by atoms with E-state index in [1.165, 1.54) is 22.2 Å². The molecule has 0 saturated heterocycles. The summed E-state index contributed by atoms with van der Waals surface area (Å²) >= 11 is 1.37. The van der Waals surface area contributed by atoms with Gasteiger partial charge >= 0.3 is 0 Å². The Morgan fingerprint density at radius 2 is 1.74 bits per heavy atom. The van der Waals surface area contributed by atoms with E-state index in [4.69, 9.17) is 14.5 Å². The van der Waals surface area contributed by atoms with Crippen molar-refractivity contribution >= 4 is 28.3 Å². The van der Waals surface area contributed by atoms with E-state index < -0.39 is 0 Å². The predicted octanol–water partition coefficient (Wildman–Crippen LogP) is 3.54. The lowest BCUT2D eigenvalue weighted by molar-refractivity contribution is 0.0757. The third-order valence-electron chi connectivity index (χ3n) is 5.75. The number of hydrogen-bond acceptors (Lipinski definition) is 7. The molecule has 35 heavy (non-hydrogen) atoms. The fourth-order valence-electron chi connectivity index (χ4n) is 4.09. The molecule has 0 bridgehead atoms. The highest BCUT2D eigenvalue weighted by molar-refractivity contribution is 7.98. The zero-order chi connectivity index (χ0) is 23.8. The van der Waals surface area contributed by atoms with E-state index in [0.29, 0.717) is 51.3 Å². The molecule has 2 aromatic carbocycles. The predicted molar refractivity (Wildman–Crippen MR) is 133 cm³/mol. The number of para-hydroxylation sites is 3. The maximum Gasteiger partial charge on any atom is 0.262 e. The van der Waals surface area contributed by atoms with E-state index in [-0.39, 0.29) is 23.8 Å². The third kappa shape index (κ3) is 4.15. The Morgan fingerprint density at radius 1 is 0.943 bits per heavy atom. The highest BCUT2D eigenvalue weighted by Crippen LogP contribution is 2.31. The zero-order valence-electron chi connectivity index (χ0n) is 18.5. The Bertz CT molecular complexity index is 1680. The summed E-state index contributed by atoms with van der Waals surface area (Å²) in [6.45, 7) is 0.602. The largest absolute Gasteiger partial charge is 0.486 e. The molecule has 174 valence electrons. The van der Waals surface area contributed by atoms with Crippen molar-refractivity contribution in [1.29, 1.82) is 0 Å². The Morgan fingerprint density at radius 3 is 2.66 bits per heavy atom. The Hall–Kier alpha value is -4.11. The topological polar surface area (TPSA) is 87.7 Å². The Balaban J connectivity index is 1.34. The normalized spacial score (nSPS) is 14.9. The molecule has 5 aromatic rings. The number of rotatable bonds is 5. The fourth-order valence-corrected chi connectivity index (χ4v) is 4.99. The summed E-state index contributed by atoms with van der Waals surface area (Å²) in [5.41, 5.74) is 1.51. The van der Waals surface area contributed by atoms with Gasteiger partial charge in [-0.3, -0.25) is 18.6 Å². The maximum absolute atomic E-state index is 13.5. The molecule has 0 N–H and O–H groups in total. The van der Waals surface area contributed by atoms with Gasteiger partial charge in [0, 0.05) is 18.0 Å². The summed E-state index contributed by atoms with van der Waals surface area (Å²) in [5.74, 6) is 1.73. The molecular formula is C26H20N4O4S. The summed E-state index contributed by atoms with van der Waals surface area (Å²) in [7, 11) is 0. The van der Waals surface area contributed by atoms with Crippen molar-refractivity contribution in [3.63, 3.8) is 0 Å². The summed E-state index contributed by atoms with van der Waals surface area (Å²) in [6.07, 6.45) is 1.34. The molecule has 0 unspecified atom stereocenters. The van der Waals surface area contributed by atoms with Gasteiger partial charge in [-0.15, -0.1) is 0 Å². The van der Waals surface area contributed by atoms with E-state index >= 15 is 0 Å². The lowest BCUT2D eigenvalue weighted by Crippen LogP contribution is -2.37. The number of nitrogens with zero attached hydrogens (tertiary/aromatic N) is 4. The van der Waals surface area contributed by atoms with Crippen LogP contribution in [0.25, 0.3) is 16.6 Å². The molecule has 0 spiro atoms. The lowest BCUT2D eigenvalue weighted by Gasteiger charge is -2.27. The van der Waals surface area contributed by atoms with Gasteiger partial charge in [-0.05, 0) is 36.4 Å². The molecule has 9 heteroatoms. The summed E-state index contributed by atoms with van der Waals surface area (Å²) in [6, 6.07) is 21.7. The highest BCUT2D eigenvalue weighted by atomic mass is 32.2. The summed E-state index contributed by atoms with van der Waals surface area (Å²) < 4.78 is 15.1. The van der Waals surface area contributed by atoms with Crippen molar-refractivity contribution in [2.45, 2.75) is 23.6 Å². The van der Waals surface area contributed by atoms with Crippen molar-refractivity contribution in [3.05, 3.63) is 105 Å². The second kappa shape index (κ2) is 8.92. The van der Waals surface area contributed by atoms with Gasteiger partial charge in [-0.1, -0.05) is 42.1 Å². The van der Waals surface area contributed by atoms with E-state index in [2.05, 4.69) is 4.98 Å². The lowest BCUT2D eigenvalue weighted by atomic mass is 10.2. The molecule has 1 atom stereocenters. The quantitative estimate of drug-likeness (QED) is 0.279. The molecule has 4 heterocycles. The monoisotopic (exact) mass is 484 g/mol. The SMILES string of the molecule is O=c1c2ccccc2nc(SCc2cc(=O)n3ccccc3n2)n1C[C@@H]1COc2ccccc2O1. The van der Waals surface area contributed by atoms with Crippen molar-refractivity contribution in [3.8, 4) is 11.5 Å². The first-order valence-electron chi connectivity index (χ1n) is 11.1. The second-order valence-corrected chi connectivity index (χ2v) is 9.07. The zero-order valence-corrected chi connectivity index (χ0v) is 19.4. The molecule has 6 rings (SSSR count). The van der Waals surface area contributed by atoms with Gasteiger partial charge in [0.25, 0.3) is 11.1 Å². The molecule has 1 aliphatic rings. The first-order chi connectivity index (χ1) is 17.2. The van der Waals surface area contributed by atoms with Gasteiger partial charge in [0.15, 0.2) is 22.8 Å².